The van der Waals surface area contributed by atoms with E-state index in [-0.39, 0.29) is 10.6 Å². The number of carboxylic acids is 1. The Bertz CT molecular complexity index is 687. The van der Waals surface area contributed by atoms with E-state index in [2.05, 4.69) is 5.32 Å². The number of hydrogen-bond acceptors (Lipinski definition) is 5. The van der Waals surface area contributed by atoms with Gasteiger partial charge in [0.25, 0.3) is 0 Å². The summed E-state index contributed by atoms with van der Waals surface area (Å²) in [4.78, 5) is 11.0. The van der Waals surface area contributed by atoms with E-state index in [0.717, 1.165) is 22.6 Å². The van der Waals surface area contributed by atoms with E-state index < -0.39 is 5.97 Å². The van der Waals surface area contributed by atoms with Gasteiger partial charge in [-0.1, -0.05) is 24.3 Å². The molecule has 0 amide bonds. The number of nitrogens with one attached hydrogen (secondary N) is 1. The number of carboxylic acid groups (broad SMARTS) is 1. The lowest BCUT2D eigenvalue weighted by Gasteiger charge is -2.12. The molecule has 0 saturated carbocycles. The summed E-state index contributed by atoms with van der Waals surface area (Å²) in [5.74, 6) is 0.839. The normalized spacial score (nSPS) is 19.9. The minimum absolute atomic E-state index is 0.0155. The summed E-state index contributed by atoms with van der Waals surface area (Å²) in [5.41, 5.74) is 2.12. The van der Waals surface area contributed by atoms with Crippen LogP contribution in [0.5, 0.6) is 11.5 Å². The number of carbonyl (C=O) groups is 1. The third-order valence-electron chi connectivity index (χ3n) is 3.81. The van der Waals surface area contributed by atoms with Crippen molar-refractivity contribution >= 4 is 17.7 Å². The molecule has 5 nitrogen and oxygen atoms in total. The van der Waals surface area contributed by atoms with Crippen molar-refractivity contribution in [1.82, 2.24) is 5.32 Å². The fourth-order valence-corrected chi connectivity index (χ4v) is 3.59. The summed E-state index contributed by atoms with van der Waals surface area (Å²) >= 11 is 1.43. The van der Waals surface area contributed by atoms with Crippen LogP contribution in [-0.4, -0.2) is 30.0 Å². The van der Waals surface area contributed by atoms with Crippen LogP contribution in [0, 0.1) is 0 Å². The Hall–Kier alpha value is -2.18. The molecule has 2 N–H and O–H groups in total. The molecule has 3 rings (SSSR count). The van der Waals surface area contributed by atoms with Crippen molar-refractivity contribution < 1.29 is 19.4 Å². The zero-order chi connectivity index (χ0) is 16.9. The smallest absolute Gasteiger partial charge is 0.318 e. The van der Waals surface area contributed by atoms with Crippen molar-refractivity contribution in [1.29, 1.82) is 0 Å². The molecule has 0 radical (unpaired) electrons. The second-order valence-corrected chi connectivity index (χ2v) is 6.77. The first-order valence-corrected chi connectivity index (χ1v) is 8.57. The fraction of sp³-hybridized carbons (Fsp3) is 0.278. The first-order valence-electron chi connectivity index (χ1n) is 7.63. The molecular weight excluding hydrogens is 326 g/mol. The predicted molar refractivity (Wildman–Crippen MR) is 93.5 cm³/mol. The van der Waals surface area contributed by atoms with Crippen LogP contribution < -0.4 is 14.8 Å². The Balaban J connectivity index is 1.55. The second-order valence-electron chi connectivity index (χ2n) is 5.46. The highest BCUT2D eigenvalue weighted by Gasteiger charge is 2.30. The van der Waals surface area contributed by atoms with Gasteiger partial charge in [-0.05, 0) is 35.4 Å². The highest BCUT2D eigenvalue weighted by molar-refractivity contribution is 8.01. The molecule has 0 bridgehead atoms. The first kappa shape index (κ1) is 16.7. The van der Waals surface area contributed by atoms with Gasteiger partial charge < -0.3 is 14.6 Å². The fourth-order valence-electron chi connectivity index (χ4n) is 2.44. The quantitative estimate of drug-likeness (QED) is 0.839. The van der Waals surface area contributed by atoms with Crippen LogP contribution in [0.1, 0.15) is 16.5 Å². The van der Waals surface area contributed by atoms with Crippen molar-refractivity contribution in [2.75, 3.05) is 13.7 Å². The Kier molecular flexibility index (Phi) is 5.27. The van der Waals surface area contributed by atoms with Gasteiger partial charge >= 0.3 is 5.97 Å². The zero-order valence-corrected chi connectivity index (χ0v) is 14.1. The van der Waals surface area contributed by atoms with Crippen molar-refractivity contribution in [2.24, 2.45) is 0 Å². The predicted octanol–water partition coefficient (Wildman–Crippen LogP) is 3.06. The maximum Gasteiger partial charge on any atom is 0.318 e. The van der Waals surface area contributed by atoms with E-state index in [9.17, 15) is 4.79 Å². The molecule has 0 aromatic heterocycles. The van der Waals surface area contributed by atoms with Crippen LogP contribution >= 0.6 is 11.8 Å². The third-order valence-corrected chi connectivity index (χ3v) is 5.22. The summed E-state index contributed by atoms with van der Waals surface area (Å²) in [6, 6.07) is 15.5. The molecule has 24 heavy (non-hydrogen) atoms. The van der Waals surface area contributed by atoms with Gasteiger partial charge in [0.05, 0.1) is 12.5 Å². The summed E-state index contributed by atoms with van der Waals surface area (Å²) in [6.07, 6.45) is 0. The number of rotatable bonds is 6. The lowest BCUT2D eigenvalue weighted by molar-refractivity contribution is -0.136. The van der Waals surface area contributed by atoms with Crippen molar-refractivity contribution in [3.63, 3.8) is 0 Å². The standard InChI is InChI=1S/C18H19NO4S/c1-22-14-6-2-12(3-7-14)11-23-15-8-4-13(5-9-15)17-19-10-16(24-17)18(20)21/h2-9,16-17,19H,10-11H2,1H3,(H,20,21)/t16-,17-/m0/s1. The van der Waals surface area contributed by atoms with Crippen molar-refractivity contribution in [3.05, 3.63) is 59.7 Å². The second kappa shape index (κ2) is 7.59. The summed E-state index contributed by atoms with van der Waals surface area (Å²) in [5, 5.41) is 11.9. The maximum atomic E-state index is 11.0. The number of thioether (sulfide) groups is 1. The number of aliphatic carboxylic acids is 1. The van der Waals surface area contributed by atoms with Crippen LogP contribution in [0.2, 0.25) is 0 Å². The van der Waals surface area contributed by atoms with E-state index in [0.29, 0.717) is 13.2 Å². The highest BCUT2D eigenvalue weighted by atomic mass is 32.2. The lowest BCUT2D eigenvalue weighted by atomic mass is 10.2. The van der Waals surface area contributed by atoms with Crippen molar-refractivity contribution in [2.45, 2.75) is 17.2 Å². The van der Waals surface area contributed by atoms with Crippen LogP contribution in [0.25, 0.3) is 0 Å². The Morgan fingerprint density at radius 3 is 2.42 bits per heavy atom. The van der Waals surface area contributed by atoms with Gasteiger partial charge in [-0.2, -0.15) is 0 Å². The highest BCUT2D eigenvalue weighted by Crippen LogP contribution is 2.35. The average molecular weight is 345 g/mol. The van der Waals surface area contributed by atoms with Gasteiger partial charge in [0.1, 0.15) is 23.4 Å². The molecule has 1 fully saturated rings. The number of hydrogen-bond donors (Lipinski definition) is 2. The summed E-state index contributed by atoms with van der Waals surface area (Å²) in [6.45, 7) is 0.973. The van der Waals surface area contributed by atoms with Gasteiger partial charge in [0.15, 0.2) is 0 Å². The Morgan fingerprint density at radius 2 is 1.83 bits per heavy atom. The largest absolute Gasteiger partial charge is 0.497 e. The molecule has 2 aromatic carbocycles. The third kappa shape index (κ3) is 4.01. The molecule has 0 unspecified atom stereocenters. The summed E-state index contributed by atoms with van der Waals surface area (Å²) in [7, 11) is 1.64. The van der Waals surface area contributed by atoms with E-state index in [4.69, 9.17) is 14.6 Å². The Morgan fingerprint density at radius 1 is 1.17 bits per heavy atom. The molecule has 1 aliphatic rings. The minimum Gasteiger partial charge on any atom is -0.497 e. The molecule has 2 aromatic rings. The van der Waals surface area contributed by atoms with Crippen LogP contribution in [0.4, 0.5) is 0 Å². The lowest BCUT2D eigenvalue weighted by Crippen LogP contribution is -2.21. The Labute approximate surface area is 145 Å². The topological polar surface area (TPSA) is 67.8 Å². The maximum absolute atomic E-state index is 11.0. The number of benzene rings is 2. The molecule has 1 heterocycles. The van der Waals surface area contributed by atoms with Gasteiger partial charge in [-0.3, -0.25) is 10.1 Å². The first-order chi connectivity index (χ1) is 11.7. The number of ether oxygens (including phenoxy) is 2. The molecule has 126 valence electrons. The minimum atomic E-state index is -0.769. The van der Waals surface area contributed by atoms with Crippen molar-refractivity contribution in [3.8, 4) is 11.5 Å². The number of methoxy groups -OCH3 is 1. The van der Waals surface area contributed by atoms with Gasteiger partial charge in [0.2, 0.25) is 0 Å². The van der Waals surface area contributed by atoms with Crippen LogP contribution in [-0.2, 0) is 11.4 Å². The average Bonchev–Trinajstić information content (AvgIpc) is 3.11. The van der Waals surface area contributed by atoms with E-state index in [1.165, 1.54) is 11.8 Å². The molecular formula is C18H19NO4S. The van der Waals surface area contributed by atoms with Gasteiger partial charge in [0, 0.05) is 6.54 Å². The van der Waals surface area contributed by atoms with Gasteiger partial charge in [-0.15, -0.1) is 11.8 Å². The molecule has 0 spiro atoms. The molecule has 0 aliphatic carbocycles. The van der Waals surface area contributed by atoms with Crippen LogP contribution in [0.15, 0.2) is 48.5 Å². The van der Waals surface area contributed by atoms with Crippen LogP contribution in [0.3, 0.4) is 0 Å². The van der Waals surface area contributed by atoms with E-state index in [1.54, 1.807) is 7.11 Å². The monoisotopic (exact) mass is 345 g/mol. The van der Waals surface area contributed by atoms with E-state index in [1.807, 2.05) is 48.5 Å². The summed E-state index contributed by atoms with van der Waals surface area (Å²) < 4.78 is 10.9. The SMILES string of the molecule is COc1ccc(COc2ccc([C@H]3NC[C@@H](C(=O)O)S3)cc2)cc1. The zero-order valence-electron chi connectivity index (χ0n) is 13.3. The molecule has 6 heteroatoms. The molecule has 1 aliphatic heterocycles. The molecule has 1 saturated heterocycles. The van der Waals surface area contributed by atoms with E-state index >= 15 is 0 Å². The van der Waals surface area contributed by atoms with Gasteiger partial charge in [-0.25, -0.2) is 0 Å². The molecule has 2 atom stereocenters.